The molecule has 0 spiro atoms. The van der Waals surface area contributed by atoms with Crippen LogP contribution in [0.4, 0.5) is 0 Å². The number of amides is 2. The van der Waals surface area contributed by atoms with Gasteiger partial charge >= 0.3 is 0 Å². The third-order valence-corrected chi connectivity index (χ3v) is 5.31. The molecular formula is C25H28N2O3. The smallest absolute Gasteiger partial charge is 0.273 e. The molecule has 0 atom stereocenters. The van der Waals surface area contributed by atoms with Crippen molar-refractivity contribution in [2.45, 2.75) is 46.6 Å². The first-order chi connectivity index (χ1) is 14.4. The zero-order valence-corrected chi connectivity index (χ0v) is 17.9. The molecule has 3 rings (SSSR count). The van der Waals surface area contributed by atoms with E-state index in [1.54, 1.807) is 6.07 Å². The van der Waals surface area contributed by atoms with Crippen molar-refractivity contribution in [3.8, 4) is 11.1 Å². The predicted octanol–water partition coefficient (Wildman–Crippen LogP) is 5.08. The zero-order valence-electron chi connectivity index (χ0n) is 17.9. The molecule has 0 radical (unpaired) electrons. The van der Waals surface area contributed by atoms with Gasteiger partial charge in [-0.05, 0) is 68.0 Å². The van der Waals surface area contributed by atoms with Crippen LogP contribution in [0.2, 0.25) is 0 Å². The highest BCUT2D eigenvalue weighted by molar-refractivity contribution is 5.95. The van der Waals surface area contributed by atoms with Crippen molar-refractivity contribution in [1.29, 1.82) is 0 Å². The number of aryl methyl sites for hydroxylation is 2. The molecular weight excluding hydrogens is 376 g/mol. The van der Waals surface area contributed by atoms with Gasteiger partial charge in [0, 0.05) is 12.5 Å². The molecule has 0 saturated carbocycles. The summed E-state index contributed by atoms with van der Waals surface area (Å²) < 4.78 is 4.95. The molecule has 0 unspecified atom stereocenters. The van der Waals surface area contributed by atoms with E-state index in [1.165, 1.54) is 34.2 Å². The molecule has 2 amide bonds. The summed E-state index contributed by atoms with van der Waals surface area (Å²) >= 11 is 0. The lowest BCUT2D eigenvalue weighted by molar-refractivity contribution is -0.135. The largest absolute Gasteiger partial charge is 0.472 e. The van der Waals surface area contributed by atoms with Crippen LogP contribution in [0.15, 0.2) is 65.5 Å². The molecule has 2 aromatic carbocycles. The van der Waals surface area contributed by atoms with Gasteiger partial charge in [-0.3, -0.25) is 20.0 Å². The number of rotatable bonds is 6. The first-order valence-corrected chi connectivity index (χ1v) is 10.2. The van der Waals surface area contributed by atoms with E-state index in [-0.39, 0.29) is 17.9 Å². The van der Waals surface area contributed by atoms with Crippen molar-refractivity contribution in [1.82, 2.24) is 10.4 Å². The Kier molecular flexibility index (Phi) is 6.72. The van der Waals surface area contributed by atoms with Crippen molar-refractivity contribution in [3.05, 3.63) is 83.3 Å². The number of furan rings is 1. The van der Waals surface area contributed by atoms with Crippen LogP contribution in [0, 0.1) is 13.8 Å². The Hall–Kier alpha value is -3.34. The van der Waals surface area contributed by atoms with Crippen LogP contribution in [0.3, 0.4) is 0 Å². The number of benzene rings is 2. The van der Waals surface area contributed by atoms with Gasteiger partial charge in [-0.2, -0.15) is 0 Å². The second-order valence-corrected chi connectivity index (χ2v) is 7.72. The van der Waals surface area contributed by atoms with Gasteiger partial charge in [0.05, 0.1) is 11.8 Å². The van der Waals surface area contributed by atoms with Gasteiger partial charge in [0.15, 0.2) is 0 Å². The van der Waals surface area contributed by atoms with Gasteiger partial charge in [0.1, 0.15) is 6.26 Å². The van der Waals surface area contributed by atoms with Crippen LogP contribution in [0.1, 0.15) is 47.3 Å². The molecule has 1 N–H and O–H groups in total. The first kappa shape index (κ1) is 21.4. The van der Waals surface area contributed by atoms with Crippen molar-refractivity contribution < 1.29 is 14.0 Å². The molecule has 0 aliphatic heterocycles. The summed E-state index contributed by atoms with van der Waals surface area (Å²) in [5.41, 5.74) is 9.02. The van der Waals surface area contributed by atoms with Gasteiger partial charge in [-0.1, -0.05) is 42.5 Å². The Morgan fingerprint density at radius 1 is 1.00 bits per heavy atom. The van der Waals surface area contributed by atoms with Crippen LogP contribution >= 0.6 is 0 Å². The van der Waals surface area contributed by atoms with Crippen molar-refractivity contribution in [2.75, 3.05) is 0 Å². The minimum Gasteiger partial charge on any atom is -0.472 e. The van der Waals surface area contributed by atoms with Crippen LogP contribution in [0.25, 0.3) is 11.1 Å². The Labute approximate surface area is 177 Å². The van der Waals surface area contributed by atoms with Gasteiger partial charge in [-0.15, -0.1) is 0 Å². The van der Waals surface area contributed by atoms with E-state index in [9.17, 15) is 9.59 Å². The number of hydrogen-bond donors (Lipinski definition) is 1. The maximum absolute atomic E-state index is 12.9. The SMILES string of the molecule is Cc1cccc(-c2ccccc2CCC(=O)N(NC(=O)c2ccoc2)C(C)C)c1C. The lowest BCUT2D eigenvalue weighted by Gasteiger charge is -2.27. The predicted molar refractivity (Wildman–Crippen MR) is 118 cm³/mol. The molecule has 3 aromatic rings. The molecule has 156 valence electrons. The Bertz CT molecular complexity index is 1020. The van der Waals surface area contributed by atoms with E-state index in [0.717, 1.165) is 11.1 Å². The number of carbonyl (C=O) groups excluding carboxylic acids is 2. The molecule has 5 nitrogen and oxygen atoms in total. The van der Waals surface area contributed by atoms with E-state index >= 15 is 0 Å². The average Bonchev–Trinajstić information content (AvgIpc) is 3.27. The molecule has 0 aliphatic carbocycles. The summed E-state index contributed by atoms with van der Waals surface area (Å²) in [6, 6.07) is 15.9. The van der Waals surface area contributed by atoms with Gasteiger partial charge in [0.2, 0.25) is 5.91 Å². The lowest BCUT2D eigenvalue weighted by atomic mass is 9.92. The normalized spacial score (nSPS) is 10.8. The lowest BCUT2D eigenvalue weighted by Crippen LogP contribution is -2.50. The quantitative estimate of drug-likeness (QED) is 0.583. The molecule has 0 aliphatic rings. The molecule has 0 fully saturated rings. The highest BCUT2D eigenvalue weighted by atomic mass is 16.3. The molecule has 1 heterocycles. The fourth-order valence-electron chi connectivity index (χ4n) is 3.45. The highest BCUT2D eigenvalue weighted by Gasteiger charge is 2.21. The van der Waals surface area contributed by atoms with Crippen molar-refractivity contribution >= 4 is 11.8 Å². The van der Waals surface area contributed by atoms with Crippen LogP contribution in [-0.2, 0) is 11.2 Å². The zero-order chi connectivity index (χ0) is 21.7. The van der Waals surface area contributed by atoms with Gasteiger partial charge in [0.25, 0.3) is 5.91 Å². The molecule has 30 heavy (non-hydrogen) atoms. The van der Waals surface area contributed by atoms with E-state index < -0.39 is 0 Å². The minimum absolute atomic E-state index is 0.127. The summed E-state index contributed by atoms with van der Waals surface area (Å²) in [6.07, 6.45) is 3.68. The fourth-order valence-corrected chi connectivity index (χ4v) is 3.45. The number of hydrazine groups is 1. The van der Waals surface area contributed by atoms with Gasteiger partial charge < -0.3 is 4.42 Å². The van der Waals surface area contributed by atoms with Gasteiger partial charge in [-0.25, -0.2) is 0 Å². The first-order valence-electron chi connectivity index (χ1n) is 10.2. The Morgan fingerprint density at radius 2 is 1.73 bits per heavy atom. The third kappa shape index (κ3) is 4.79. The maximum atomic E-state index is 12.9. The van der Waals surface area contributed by atoms with E-state index in [2.05, 4.69) is 49.6 Å². The van der Waals surface area contributed by atoms with Crippen molar-refractivity contribution in [2.24, 2.45) is 0 Å². The number of carbonyl (C=O) groups is 2. The topological polar surface area (TPSA) is 62.6 Å². The number of nitrogens with zero attached hydrogens (tertiary/aromatic N) is 1. The average molecular weight is 405 g/mol. The van der Waals surface area contributed by atoms with Crippen LogP contribution < -0.4 is 5.43 Å². The maximum Gasteiger partial charge on any atom is 0.273 e. The third-order valence-electron chi connectivity index (χ3n) is 5.31. The van der Waals surface area contributed by atoms with E-state index in [4.69, 9.17) is 4.42 Å². The summed E-state index contributed by atoms with van der Waals surface area (Å²) in [4.78, 5) is 25.3. The monoisotopic (exact) mass is 404 g/mol. The number of nitrogens with one attached hydrogen (secondary N) is 1. The summed E-state index contributed by atoms with van der Waals surface area (Å²) in [7, 11) is 0. The summed E-state index contributed by atoms with van der Waals surface area (Å²) in [5.74, 6) is -0.487. The second-order valence-electron chi connectivity index (χ2n) is 7.72. The molecule has 0 bridgehead atoms. The minimum atomic E-state index is -0.360. The molecule has 0 saturated heterocycles. The second kappa shape index (κ2) is 9.44. The number of hydrogen-bond acceptors (Lipinski definition) is 3. The Balaban J connectivity index is 1.75. The molecule has 1 aromatic heterocycles. The fraction of sp³-hybridized carbons (Fsp3) is 0.280. The summed E-state index contributed by atoms with van der Waals surface area (Å²) in [6.45, 7) is 7.97. The van der Waals surface area contributed by atoms with E-state index in [0.29, 0.717) is 18.4 Å². The molecule has 5 heteroatoms. The van der Waals surface area contributed by atoms with Crippen LogP contribution in [-0.4, -0.2) is 22.9 Å². The van der Waals surface area contributed by atoms with Crippen LogP contribution in [0.5, 0.6) is 0 Å². The van der Waals surface area contributed by atoms with Crippen molar-refractivity contribution in [3.63, 3.8) is 0 Å². The summed E-state index contributed by atoms with van der Waals surface area (Å²) in [5, 5.41) is 1.40. The standard InChI is InChI=1S/C25H28N2O3/c1-17(2)27(26-25(29)21-14-15-30-16-21)24(28)13-12-20-9-5-6-10-23(20)22-11-7-8-18(3)19(22)4/h5-11,14-17H,12-13H2,1-4H3,(H,26,29). The van der Waals surface area contributed by atoms with E-state index in [1.807, 2.05) is 26.0 Å². The highest BCUT2D eigenvalue weighted by Crippen LogP contribution is 2.29. The Morgan fingerprint density at radius 3 is 2.43 bits per heavy atom.